The van der Waals surface area contributed by atoms with Crippen LogP contribution in [0.3, 0.4) is 0 Å². The van der Waals surface area contributed by atoms with Crippen LogP contribution in [0.2, 0.25) is 0 Å². The molecule has 1 aliphatic carbocycles. The summed E-state index contributed by atoms with van der Waals surface area (Å²) < 4.78 is 0. The highest BCUT2D eigenvalue weighted by Crippen LogP contribution is 2.49. The van der Waals surface area contributed by atoms with E-state index in [-0.39, 0.29) is 5.41 Å². The van der Waals surface area contributed by atoms with Gasteiger partial charge < -0.3 is 0 Å². The normalized spacial score (nSPS) is 14.5. The lowest BCUT2D eigenvalue weighted by molar-refractivity contribution is 0.641. The molecular weight excluding hydrogens is 264 g/mol. The zero-order chi connectivity index (χ0) is 15.3. The molecule has 0 saturated heterocycles. The molecule has 0 heteroatoms. The van der Waals surface area contributed by atoms with Crippen molar-refractivity contribution in [1.82, 2.24) is 0 Å². The molecule has 108 valence electrons. The lowest BCUT2D eigenvalue weighted by Gasteiger charge is -2.30. The highest BCUT2D eigenvalue weighted by atomic mass is 14.4. The Bertz CT molecular complexity index is 869. The summed E-state index contributed by atoms with van der Waals surface area (Å²) in [4.78, 5) is 0. The summed E-state index contributed by atoms with van der Waals surface area (Å²) in [5, 5.41) is 0. The van der Waals surface area contributed by atoms with Crippen LogP contribution in [-0.2, 0) is 5.41 Å². The summed E-state index contributed by atoms with van der Waals surface area (Å²) in [6.45, 7) is 6.93. The maximum Gasteiger partial charge on any atom is 0.0161 e. The third kappa shape index (κ3) is 1.70. The van der Waals surface area contributed by atoms with Gasteiger partial charge >= 0.3 is 0 Å². The van der Waals surface area contributed by atoms with Crippen molar-refractivity contribution in [2.24, 2.45) is 0 Å². The van der Waals surface area contributed by atoms with Crippen LogP contribution in [0.4, 0.5) is 0 Å². The largest absolute Gasteiger partial charge is 0.0619 e. The molecule has 0 spiro atoms. The number of hydrogen-bond acceptors (Lipinski definition) is 0. The quantitative estimate of drug-likeness (QED) is 0.477. The SMILES string of the molecule is Cc1cccc2c1C(C)(C)c1ccccc1-c1ccccc1-2. The van der Waals surface area contributed by atoms with Crippen molar-refractivity contribution < 1.29 is 0 Å². The molecule has 0 aromatic heterocycles. The summed E-state index contributed by atoms with van der Waals surface area (Å²) in [7, 11) is 0. The van der Waals surface area contributed by atoms with Gasteiger partial charge in [0, 0.05) is 5.41 Å². The molecule has 0 radical (unpaired) electrons. The summed E-state index contributed by atoms with van der Waals surface area (Å²) in [5.41, 5.74) is 9.65. The molecule has 0 fully saturated rings. The second-order valence-corrected chi connectivity index (χ2v) is 6.71. The van der Waals surface area contributed by atoms with Gasteiger partial charge in [0.05, 0.1) is 0 Å². The zero-order valence-corrected chi connectivity index (χ0v) is 13.4. The fraction of sp³-hybridized carbons (Fsp3) is 0.182. The molecule has 0 saturated carbocycles. The molecule has 0 heterocycles. The molecule has 3 aromatic carbocycles. The van der Waals surface area contributed by atoms with Gasteiger partial charge in [0.1, 0.15) is 0 Å². The number of hydrogen-bond donors (Lipinski definition) is 0. The van der Waals surface area contributed by atoms with Crippen LogP contribution in [0.1, 0.15) is 30.5 Å². The summed E-state index contributed by atoms with van der Waals surface area (Å²) in [6.07, 6.45) is 0. The lowest BCUT2D eigenvalue weighted by Crippen LogP contribution is -2.21. The van der Waals surface area contributed by atoms with Crippen molar-refractivity contribution in [1.29, 1.82) is 0 Å². The van der Waals surface area contributed by atoms with Crippen LogP contribution < -0.4 is 0 Å². The van der Waals surface area contributed by atoms with E-state index in [1.807, 2.05) is 0 Å². The second kappa shape index (κ2) is 4.58. The molecule has 22 heavy (non-hydrogen) atoms. The minimum Gasteiger partial charge on any atom is -0.0619 e. The predicted octanol–water partition coefficient (Wildman–Crippen LogP) is 5.97. The van der Waals surface area contributed by atoms with Crippen LogP contribution in [-0.4, -0.2) is 0 Å². The monoisotopic (exact) mass is 284 g/mol. The Kier molecular flexibility index (Phi) is 2.77. The Morgan fingerprint density at radius 2 is 1.14 bits per heavy atom. The molecule has 0 nitrogen and oxygen atoms in total. The predicted molar refractivity (Wildman–Crippen MR) is 94.2 cm³/mol. The van der Waals surface area contributed by atoms with Crippen molar-refractivity contribution in [3.63, 3.8) is 0 Å². The van der Waals surface area contributed by atoms with E-state index in [2.05, 4.69) is 87.5 Å². The van der Waals surface area contributed by atoms with E-state index < -0.39 is 0 Å². The highest BCUT2D eigenvalue weighted by Gasteiger charge is 2.33. The van der Waals surface area contributed by atoms with Gasteiger partial charge in [0.2, 0.25) is 0 Å². The first kappa shape index (κ1) is 13.3. The van der Waals surface area contributed by atoms with E-state index in [0.717, 1.165) is 0 Å². The molecule has 0 atom stereocenters. The van der Waals surface area contributed by atoms with Gasteiger partial charge in [0.25, 0.3) is 0 Å². The Morgan fingerprint density at radius 3 is 1.86 bits per heavy atom. The van der Waals surface area contributed by atoms with Gasteiger partial charge in [-0.15, -0.1) is 0 Å². The molecule has 1 aliphatic rings. The molecule has 0 unspecified atom stereocenters. The molecular formula is C22H20. The Hall–Kier alpha value is -2.34. The smallest absolute Gasteiger partial charge is 0.0161 e. The zero-order valence-electron chi connectivity index (χ0n) is 13.4. The lowest BCUT2D eigenvalue weighted by atomic mass is 9.74. The van der Waals surface area contributed by atoms with Crippen LogP contribution in [0.25, 0.3) is 22.3 Å². The molecule has 0 N–H and O–H groups in total. The fourth-order valence-electron chi connectivity index (χ4n) is 4.07. The molecule has 0 amide bonds. The fourth-order valence-corrected chi connectivity index (χ4v) is 4.07. The van der Waals surface area contributed by atoms with Crippen molar-refractivity contribution in [3.8, 4) is 22.3 Å². The van der Waals surface area contributed by atoms with E-state index in [0.29, 0.717) is 0 Å². The van der Waals surface area contributed by atoms with Crippen molar-refractivity contribution in [3.05, 3.63) is 83.4 Å². The average Bonchev–Trinajstić information content (AvgIpc) is 2.62. The van der Waals surface area contributed by atoms with Crippen LogP contribution in [0, 0.1) is 6.92 Å². The first-order chi connectivity index (χ1) is 10.6. The standard InChI is InChI=1S/C22H20/c1-15-9-8-13-19-17-11-5-4-10-16(17)18-12-6-7-14-20(18)22(2,3)21(15)19/h4-14H,1-3H3. The van der Waals surface area contributed by atoms with Gasteiger partial charge in [-0.1, -0.05) is 80.6 Å². The second-order valence-electron chi connectivity index (χ2n) is 6.71. The minimum absolute atomic E-state index is 0.00368. The Labute approximate surface area is 132 Å². The van der Waals surface area contributed by atoms with Crippen LogP contribution >= 0.6 is 0 Å². The van der Waals surface area contributed by atoms with Crippen molar-refractivity contribution in [2.75, 3.05) is 0 Å². The van der Waals surface area contributed by atoms with Gasteiger partial charge in [-0.2, -0.15) is 0 Å². The minimum atomic E-state index is -0.00368. The molecule has 4 rings (SSSR count). The van der Waals surface area contributed by atoms with Gasteiger partial charge in [-0.05, 0) is 45.9 Å². The molecule has 0 bridgehead atoms. The van der Waals surface area contributed by atoms with Gasteiger partial charge in [-0.25, -0.2) is 0 Å². The van der Waals surface area contributed by atoms with Gasteiger partial charge in [0.15, 0.2) is 0 Å². The third-order valence-corrected chi connectivity index (χ3v) is 5.01. The van der Waals surface area contributed by atoms with E-state index >= 15 is 0 Å². The first-order valence-electron chi connectivity index (χ1n) is 7.90. The number of fused-ring (bicyclic) bond motifs is 5. The van der Waals surface area contributed by atoms with Crippen molar-refractivity contribution >= 4 is 0 Å². The van der Waals surface area contributed by atoms with E-state index in [1.54, 1.807) is 0 Å². The Balaban J connectivity index is 2.24. The maximum atomic E-state index is 2.35. The topological polar surface area (TPSA) is 0 Å². The summed E-state index contributed by atoms with van der Waals surface area (Å²) >= 11 is 0. The van der Waals surface area contributed by atoms with Crippen LogP contribution in [0.15, 0.2) is 66.7 Å². The Morgan fingerprint density at radius 1 is 0.591 bits per heavy atom. The van der Waals surface area contributed by atoms with E-state index in [9.17, 15) is 0 Å². The summed E-state index contributed by atoms with van der Waals surface area (Å²) in [5.74, 6) is 0. The van der Waals surface area contributed by atoms with Crippen molar-refractivity contribution in [2.45, 2.75) is 26.2 Å². The van der Waals surface area contributed by atoms with Gasteiger partial charge in [-0.3, -0.25) is 0 Å². The molecule has 3 aromatic rings. The van der Waals surface area contributed by atoms with E-state index in [1.165, 1.54) is 38.9 Å². The third-order valence-electron chi connectivity index (χ3n) is 5.01. The maximum absolute atomic E-state index is 2.35. The average molecular weight is 284 g/mol. The highest BCUT2D eigenvalue weighted by molar-refractivity contribution is 5.90. The number of aryl methyl sites for hydroxylation is 1. The first-order valence-corrected chi connectivity index (χ1v) is 7.90. The van der Waals surface area contributed by atoms with E-state index in [4.69, 9.17) is 0 Å². The molecule has 0 aliphatic heterocycles. The number of benzene rings is 3. The van der Waals surface area contributed by atoms with Crippen LogP contribution in [0.5, 0.6) is 0 Å². The summed E-state index contributed by atoms with van der Waals surface area (Å²) in [6, 6.07) is 24.3. The number of rotatable bonds is 0.